The number of rotatable bonds is 8. The van der Waals surface area contributed by atoms with E-state index in [1.165, 1.54) is 25.3 Å². The Labute approximate surface area is 158 Å². The molecule has 1 atom stereocenters. The molecule has 2 rings (SSSR count). The summed E-state index contributed by atoms with van der Waals surface area (Å²) in [5.74, 6) is -3.45. The average Bonchev–Trinajstić information content (AvgIpc) is 2.66. The average molecular weight is 388 g/mol. The first-order valence-corrected chi connectivity index (χ1v) is 7.91. The van der Waals surface area contributed by atoms with Crippen LogP contribution >= 0.6 is 0 Å². The summed E-state index contributed by atoms with van der Waals surface area (Å²) >= 11 is 0. The molecule has 0 heterocycles. The van der Waals surface area contributed by atoms with E-state index in [4.69, 9.17) is 14.9 Å². The van der Waals surface area contributed by atoms with Crippen molar-refractivity contribution in [2.24, 2.45) is 0 Å². The summed E-state index contributed by atoms with van der Waals surface area (Å²) in [4.78, 5) is 44.8. The van der Waals surface area contributed by atoms with Gasteiger partial charge in [-0.15, -0.1) is 0 Å². The van der Waals surface area contributed by atoms with Gasteiger partial charge < -0.3 is 20.3 Å². The van der Waals surface area contributed by atoms with Gasteiger partial charge >= 0.3 is 11.9 Å². The summed E-state index contributed by atoms with van der Waals surface area (Å²) in [5, 5.41) is 31.1. The Hall–Kier alpha value is -3.95. The van der Waals surface area contributed by atoms with Gasteiger partial charge in [0.1, 0.15) is 17.4 Å². The van der Waals surface area contributed by atoms with Crippen LogP contribution < -0.4 is 10.1 Å². The molecule has 0 spiro atoms. The topological polar surface area (TPSA) is 156 Å². The molecule has 0 saturated heterocycles. The maximum Gasteiger partial charge on any atom is 0.326 e. The maximum atomic E-state index is 12.3. The summed E-state index contributed by atoms with van der Waals surface area (Å²) < 4.78 is 5.05. The minimum absolute atomic E-state index is 0.376. The molecule has 0 aromatic heterocycles. The third-order valence-corrected chi connectivity index (χ3v) is 3.84. The Morgan fingerprint density at radius 1 is 1.11 bits per heavy atom. The van der Waals surface area contributed by atoms with Gasteiger partial charge in [0, 0.05) is 6.07 Å². The van der Waals surface area contributed by atoms with E-state index < -0.39 is 40.9 Å². The normalized spacial score (nSPS) is 11.3. The van der Waals surface area contributed by atoms with Crippen LogP contribution in [0, 0.1) is 10.1 Å². The molecule has 0 aliphatic carbocycles. The predicted molar refractivity (Wildman–Crippen MR) is 96.2 cm³/mol. The lowest BCUT2D eigenvalue weighted by Crippen LogP contribution is -2.42. The first kappa shape index (κ1) is 20.4. The molecule has 0 saturated carbocycles. The van der Waals surface area contributed by atoms with E-state index in [-0.39, 0.29) is 5.56 Å². The van der Waals surface area contributed by atoms with E-state index in [9.17, 15) is 24.5 Å². The summed E-state index contributed by atoms with van der Waals surface area (Å²) in [6.07, 6.45) is -0.862. The minimum atomic E-state index is -1.72. The van der Waals surface area contributed by atoms with E-state index in [2.05, 4.69) is 0 Å². The molecular formula is C18H16N2O8. The first-order chi connectivity index (χ1) is 13.2. The zero-order valence-electron chi connectivity index (χ0n) is 14.6. The van der Waals surface area contributed by atoms with Gasteiger partial charge in [-0.3, -0.25) is 19.7 Å². The van der Waals surface area contributed by atoms with Crippen LogP contribution in [0.3, 0.4) is 0 Å². The van der Waals surface area contributed by atoms with Crippen LogP contribution in [0.2, 0.25) is 0 Å². The SMILES string of the molecule is COc1ccc(-c2ccc(C(=O)N[C@@H](CC(=O)O)C(=O)O)c([N+](=O)[O-])c2)cc1. The van der Waals surface area contributed by atoms with Gasteiger partial charge in [0.25, 0.3) is 11.6 Å². The number of amides is 1. The van der Waals surface area contributed by atoms with Crippen molar-refractivity contribution in [1.29, 1.82) is 0 Å². The van der Waals surface area contributed by atoms with Crippen molar-refractivity contribution in [1.82, 2.24) is 5.32 Å². The molecule has 0 unspecified atom stereocenters. The largest absolute Gasteiger partial charge is 0.497 e. The molecule has 1 amide bonds. The summed E-state index contributed by atoms with van der Waals surface area (Å²) in [6, 6.07) is 8.84. The molecule has 10 heteroatoms. The molecule has 28 heavy (non-hydrogen) atoms. The molecule has 2 aromatic carbocycles. The molecule has 0 bridgehead atoms. The monoisotopic (exact) mass is 388 g/mol. The van der Waals surface area contributed by atoms with Crippen LogP contribution in [0.15, 0.2) is 42.5 Å². The molecule has 0 aliphatic rings. The number of carboxylic acid groups (broad SMARTS) is 2. The van der Waals surface area contributed by atoms with Crippen molar-refractivity contribution in [3.05, 3.63) is 58.1 Å². The van der Waals surface area contributed by atoms with E-state index in [0.29, 0.717) is 16.9 Å². The number of aliphatic carboxylic acids is 2. The van der Waals surface area contributed by atoms with Gasteiger partial charge in [0.05, 0.1) is 18.5 Å². The molecular weight excluding hydrogens is 372 g/mol. The number of hydrogen-bond donors (Lipinski definition) is 3. The predicted octanol–water partition coefficient (Wildman–Crippen LogP) is 1.93. The molecule has 0 fully saturated rings. The van der Waals surface area contributed by atoms with Crippen molar-refractivity contribution in [2.45, 2.75) is 12.5 Å². The first-order valence-electron chi connectivity index (χ1n) is 7.91. The number of carbonyl (C=O) groups is 3. The minimum Gasteiger partial charge on any atom is -0.497 e. The summed E-state index contributed by atoms with van der Waals surface area (Å²) in [5.41, 5.74) is 0.195. The fourth-order valence-electron chi connectivity index (χ4n) is 2.45. The van der Waals surface area contributed by atoms with Gasteiger partial charge in [0.2, 0.25) is 0 Å². The molecule has 0 aliphatic heterocycles. The fourth-order valence-corrected chi connectivity index (χ4v) is 2.45. The Morgan fingerprint density at radius 3 is 2.21 bits per heavy atom. The molecule has 2 aromatic rings. The van der Waals surface area contributed by atoms with Crippen molar-refractivity contribution < 1.29 is 34.3 Å². The van der Waals surface area contributed by atoms with Gasteiger partial charge in [-0.05, 0) is 29.3 Å². The van der Waals surface area contributed by atoms with Crippen molar-refractivity contribution in [3.63, 3.8) is 0 Å². The third-order valence-electron chi connectivity index (χ3n) is 3.84. The van der Waals surface area contributed by atoms with Crippen molar-refractivity contribution in [2.75, 3.05) is 7.11 Å². The van der Waals surface area contributed by atoms with Crippen LogP contribution in [0.4, 0.5) is 5.69 Å². The number of hydrogen-bond acceptors (Lipinski definition) is 6. The number of methoxy groups -OCH3 is 1. The van der Waals surface area contributed by atoms with Gasteiger partial charge in [-0.25, -0.2) is 4.79 Å². The molecule has 10 nitrogen and oxygen atoms in total. The zero-order chi connectivity index (χ0) is 20.8. The number of nitro benzene ring substituents is 1. The van der Waals surface area contributed by atoms with E-state index in [0.717, 1.165) is 0 Å². The van der Waals surface area contributed by atoms with Crippen LogP contribution in [0.25, 0.3) is 11.1 Å². The summed E-state index contributed by atoms with van der Waals surface area (Å²) in [7, 11) is 1.50. The number of carboxylic acids is 2. The number of nitrogens with one attached hydrogen (secondary N) is 1. The lowest BCUT2D eigenvalue weighted by atomic mass is 10.0. The molecule has 3 N–H and O–H groups in total. The Bertz CT molecular complexity index is 924. The number of ether oxygens (including phenoxy) is 1. The number of nitro groups is 1. The number of carbonyl (C=O) groups excluding carboxylic acids is 1. The Kier molecular flexibility index (Phi) is 6.27. The van der Waals surface area contributed by atoms with Crippen LogP contribution in [0.1, 0.15) is 16.8 Å². The quantitative estimate of drug-likeness (QED) is 0.457. The van der Waals surface area contributed by atoms with Gasteiger partial charge in [-0.2, -0.15) is 0 Å². The maximum absolute atomic E-state index is 12.3. The summed E-state index contributed by atoms with van der Waals surface area (Å²) in [6.45, 7) is 0. The molecule has 0 radical (unpaired) electrons. The number of benzene rings is 2. The van der Waals surface area contributed by atoms with Crippen molar-refractivity contribution in [3.8, 4) is 16.9 Å². The third kappa shape index (κ3) is 4.81. The van der Waals surface area contributed by atoms with Crippen LogP contribution in [0.5, 0.6) is 5.75 Å². The highest BCUT2D eigenvalue weighted by Gasteiger charge is 2.27. The van der Waals surface area contributed by atoms with Gasteiger partial charge in [0.15, 0.2) is 0 Å². The lowest BCUT2D eigenvalue weighted by Gasteiger charge is -2.13. The lowest BCUT2D eigenvalue weighted by molar-refractivity contribution is -0.385. The van der Waals surface area contributed by atoms with Crippen molar-refractivity contribution >= 4 is 23.5 Å². The van der Waals surface area contributed by atoms with E-state index in [1.807, 2.05) is 5.32 Å². The highest BCUT2D eigenvalue weighted by Crippen LogP contribution is 2.28. The van der Waals surface area contributed by atoms with E-state index >= 15 is 0 Å². The van der Waals surface area contributed by atoms with E-state index in [1.54, 1.807) is 24.3 Å². The highest BCUT2D eigenvalue weighted by molar-refractivity contribution is 6.01. The smallest absolute Gasteiger partial charge is 0.326 e. The Balaban J connectivity index is 2.36. The molecule has 146 valence electrons. The second-order valence-electron chi connectivity index (χ2n) is 5.68. The van der Waals surface area contributed by atoms with Crippen LogP contribution in [-0.2, 0) is 9.59 Å². The standard InChI is InChI=1S/C18H16N2O8/c1-28-12-5-2-10(3-6-12)11-4-7-13(15(8-11)20(26)27)17(23)19-14(18(24)25)9-16(21)22/h2-8,14H,9H2,1H3,(H,19,23)(H,21,22)(H,24,25)/t14-/m0/s1. The second-order valence-corrected chi connectivity index (χ2v) is 5.68. The fraction of sp³-hybridized carbons (Fsp3) is 0.167. The second kappa shape index (κ2) is 8.62. The number of nitrogens with zero attached hydrogens (tertiary/aromatic N) is 1. The van der Waals surface area contributed by atoms with Crippen LogP contribution in [-0.4, -0.2) is 46.1 Å². The zero-order valence-corrected chi connectivity index (χ0v) is 14.6. The highest BCUT2D eigenvalue weighted by atomic mass is 16.6. The van der Waals surface area contributed by atoms with Gasteiger partial charge in [-0.1, -0.05) is 18.2 Å². The Morgan fingerprint density at radius 2 is 1.71 bits per heavy atom.